The molecule has 0 N–H and O–H groups in total. The lowest BCUT2D eigenvalue weighted by atomic mass is 10.0. The van der Waals surface area contributed by atoms with Gasteiger partial charge in [0, 0.05) is 6.61 Å². The Bertz CT molecular complexity index is 375. The second-order valence-electron chi connectivity index (χ2n) is 5.27. The van der Waals surface area contributed by atoms with Crippen LogP contribution in [-0.2, 0) is 14.3 Å². The van der Waals surface area contributed by atoms with Gasteiger partial charge in [-0.1, -0.05) is 63.4 Å². The predicted octanol–water partition coefficient (Wildman–Crippen LogP) is 4.32. The van der Waals surface area contributed by atoms with Crippen LogP contribution < -0.4 is 0 Å². The number of carbonyl (C=O) groups excluding carboxylic acids is 1. The van der Waals surface area contributed by atoms with E-state index in [9.17, 15) is 4.79 Å². The van der Waals surface area contributed by atoms with Gasteiger partial charge in [-0.15, -0.1) is 0 Å². The minimum atomic E-state index is -0.316. The maximum atomic E-state index is 12.3. The topological polar surface area (TPSA) is 35.5 Å². The zero-order chi connectivity index (χ0) is 15.3. The van der Waals surface area contributed by atoms with Crippen LogP contribution in [-0.4, -0.2) is 25.8 Å². The summed E-state index contributed by atoms with van der Waals surface area (Å²) in [6.07, 6.45) is 5.39. The van der Waals surface area contributed by atoms with Gasteiger partial charge in [-0.25, -0.2) is 0 Å². The summed E-state index contributed by atoms with van der Waals surface area (Å²) in [6.45, 7) is 5.81. The van der Waals surface area contributed by atoms with E-state index in [1.54, 1.807) is 0 Å². The zero-order valence-corrected chi connectivity index (χ0v) is 13.3. The normalized spacial score (nSPS) is 12.1. The first-order valence-electron chi connectivity index (χ1n) is 8.08. The number of carbonyl (C=O) groups is 1. The molecule has 0 fully saturated rings. The van der Waals surface area contributed by atoms with Crippen molar-refractivity contribution in [1.29, 1.82) is 0 Å². The number of esters is 1. The summed E-state index contributed by atoms with van der Waals surface area (Å²) in [5.74, 6) is -0.488. The highest BCUT2D eigenvalue weighted by atomic mass is 16.5. The molecule has 0 radical (unpaired) electrons. The van der Waals surface area contributed by atoms with Crippen LogP contribution in [0.15, 0.2) is 30.3 Å². The Kier molecular flexibility index (Phi) is 9.55. The first kappa shape index (κ1) is 17.7. The average molecular weight is 292 g/mol. The van der Waals surface area contributed by atoms with E-state index in [0.717, 1.165) is 24.8 Å². The Labute approximate surface area is 128 Å². The molecule has 0 aliphatic carbocycles. The van der Waals surface area contributed by atoms with Gasteiger partial charge in [0.2, 0.25) is 0 Å². The molecule has 0 amide bonds. The Morgan fingerprint density at radius 3 is 2.43 bits per heavy atom. The molecule has 0 aliphatic heterocycles. The second-order valence-corrected chi connectivity index (χ2v) is 5.27. The average Bonchev–Trinajstić information content (AvgIpc) is 2.52. The molecule has 1 atom stereocenters. The zero-order valence-electron chi connectivity index (χ0n) is 13.3. The molecular formula is C18H28O3. The molecule has 1 aromatic carbocycles. The molecule has 3 heteroatoms. The third-order valence-corrected chi connectivity index (χ3v) is 3.36. The van der Waals surface area contributed by atoms with Crippen LogP contribution in [0.1, 0.15) is 57.4 Å². The summed E-state index contributed by atoms with van der Waals surface area (Å²) in [5, 5.41) is 0. The molecule has 0 saturated heterocycles. The molecule has 1 unspecified atom stereocenters. The van der Waals surface area contributed by atoms with Crippen LogP contribution >= 0.6 is 0 Å². The molecule has 0 spiro atoms. The van der Waals surface area contributed by atoms with Crippen molar-refractivity contribution in [2.75, 3.05) is 19.8 Å². The Hall–Kier alpha value is -1.35. The van der Waals surface area contributed by atoms with Crippen LogP contribution in [0.2, 0.25) is 0 Å². The van der Waals surface area contributed by atoms with E-state index in [1.807, 2.05) is 30.3 Å². The molecule has 0 aliphatic rings. The van der Waals surface area contributed by atoms with Gasteiger partial charge in [-0.3, -0.25) is 4.79 Å². The Morgan fingerprint density at radius 1 is 1.00 bits per heavy atom. The number of benzene rings is 1. The highest BCUT2D eigenvalue weighted by Crippen LogP contribution is 2.18. The minimum absolute atomic E-state index is 0.172. The number of hydrogen-bond donors (Lipinski definition) is 0. The fourth-order valence-electron chi connectivity index (χ4n) is 2.13. The molecule has 21 heavy (non-hydrogen) atoms. The molecule has 3 nitrogen and oxygen atoms in total. The van der Waals surface area contributed by atoms with Crippen LogP contribution in [0.5, 0.6) is 0 Å². The molecule has 118 valence electrons. The maximum Gasteiger partial charge on any atom is 0.315 e. The first-order valence-corrected chi connectivity index (χ1v) is 8.08. The van der Waals surface area contributed by atoms with E-state index >= 15 is 0 Å². The van der Waals surface area contributed by atoms with Gasteiger partial charge in [0.1, 0.15) is 5.92 Å². The standard InChI is InChI=1S/C18H28O3/c1-3-5-6-10-14-21-18(19)17(15-20-13-4-2)16-11-8-7-9-12-16/h7-9,11-12,17H,3-6,10,13-15H2,1-2H3. The van der Waals surface area contributed by atoms with Crippen molar-refractivity contribution in [3.63, 3.8) is 0 Å². The predicted molar refractivity (Wildman–Crippen MR) is 85.4 cm³/mol. The van der Waals surface area contributed by atoms with Crippen LogP contribution in [0.4, 0.5) is 0 Å². The van der Waals surface area contributed by atoms with Gasteiger partial charge in [-0.2, -0.15) is 0 Å². The van der Waals surface area contributed by atoms with Gasteiger partial charge in [0.25, 0.3) is 0 Å². The summed E-state index contributed by atoms with van der Waals surface area (Å²) in [7, 11) is 0. The molecule has 0 bridgehead atoms. The SMILES string of the molecule is CCCCCCOC(=O)C(COCCC)c1ccccc1. The number of hydrogen-bond acceptors (Lipinski definition) is 3. The smallest absolute Gasteiger partial charge is 0.315 e. The second kappa shape index (κ2) is 11.3. The van der Waals surface area contributed by atoms with E-state index in [4.69, 9.17) is 9.47 Å². The molecule has 0 aromatic heterocycles. The molecule has 0 heterocycles. The van der Waals surface area contributed by atoms with Crippen LogP contribution in [0.25, 0.3) is 0 Å². The lowest BCUT2D eigenvalue weighted by Gasteiger charge is -2.16. The van der Waals surface area contributed by atoms with E-state index < -0.39 is 0 Å². The van der Waals surface area contributed by atoms with Crippen molar-refractivity contribution in [2.45, 2.75) is 51.9 Å². The molecule has 1 aromatic rings. The van der Waals surface area contributed by atoms with Crippen molar-refractivity contribution < 1.29 is 14.3 Å². The fourth-order valence-corrected chi connectivity index (χ4v) is 2.13. The summed E-state index contributed by atoms with van der Waals surface area (Å²) >= 11 is 0. The lowest BCUT2D eigenvalue weighted by Crippen LogP contribution is -2.21. The summed E-state index contributed by atoms with van der Waals surface area (Å²) in [4.78, 5) is 12.3. The molecule has 1 rings (SSSR count). The monoisotopic (exact) mass is 292 g/mol. The van der Waals surface area contributed by atoms with Gasteiger partial charge in [-0.05, 0) is 18.4 Å². The Morgan fingerprint density at radius 2 is 1.76 bits per heavy atom. The van der Waals surface area contributed by atoms with E-state index in [-0.39, 0.29) is 11.9 Å². The van der Waals surface area contributed by atoms with Crippen molar-refractivity contribution >= 4 is 5.97 Å². The van der Waals surface area contributed by atoms with Gasteiger partial charge >= 0.3 is 5.97 Å². The number of ether oxygens (including phenoxy) is 2. The number of rotatable bonds is 11. The van der Waals surface area contributed by atoms with Crippen molar-refractivity contribution in [3.8, 4) is 0 Å². The lowest BCUT2D eigenvalue weighted by molar-refractivity contribution is -0.147. The maximum absolute atomic E-state index is 12.3. The number of unbranched alkanes of at least 4 members (excludes halogenated alkanes) is 3. The largest absolute Gasteiger partial charge is 0.465 e. The van der Waals surface area contributed by atoms with E-state index in [1.165, 1.54) is 12.8 Å². The first-order chi connectivity index (χ1) is 10.3. The van der Waals surface area contributed by atoms with Crippen molar-refractivity contribution in [1.82, 2.24) is 0 Å². The summed E-state index contributed by atoms with van der Waals surface area (Å²) < 4.78 is 11.0. The third-order valence-electron chi connectivity index (χ3n) is 3.36. The van der Waals surface area contributed by atoms with E-state index in [2.05, 4.69) is 13.8 Å². The summed E-state index contributed by atoms with van der Waals surface area (Å²) in [6, 6.07) is 9.74. The highest BCUT2D eigenvalue weighted by molar-refractivity contribution is 5.78. The molecule has 0 saturated carbocycles. The van der Waals surface area contributed by atoms with E-state index in [0.29, 0.717) is 19.8 Å². The highest BCUT2D eigenvalue weighted by Gasteiger charge is 2.22. The molecular weight excluding hydrogens is 264 g/mol. The van der Waals surface area contributed by atoms with Gasteiger partial charge < -0.3 is 9.47 Å². The van der Waals surface area contributed by atoms with Crippen LogP contribution in [0.3, 0.4) is 0 Å². The quantitative estimate of drug-likeness (QED) is 0.450. The van der Waals surface area contributed by atoms with Crippen molar-refractivity contribution in [3.05, 3.63) is 35.9 Å². The van der Waals surface area contributed by atoms with Gasteiger partial charge in [0.15, 0.2) is 0 Å². The summed E-state index contributed by atoms with van der Waals surface area (Å²) in [5.41, 5.74) is 0.965. The Balaban J connectivity index is 2.49. The fraction of sp³-hybridized carbons (Fsp3) is 0.611. The van der Waals surface area contributed by atoms with Crippen molar-refractivity contribution in [2.24, 2.45) is 0 Å². The van der Waals surface area contributed by atoms with Gasteiger partial charge in [0.05, 0.1) is 13.2 Å². The minimum Gasteiger partial charge on any atom is -0.465 e. The van der Waals surface area contributed by atoms with Crippen LogP contribution in [0, 0.1) is 0 Å². The third kappa shape index (κ3) is 7.28.